The van der Waals surface area contributed by atoms with Crippen LogP contribution in [0.5, 0.6) is 0 Å². The van der Waals surface area contributed by atoms with E-state index >= 15 is 0 Å². The largest absolute Gasteiger partial charge is 0.416 e. The van der Waals surface area contributed by atoms with Gasteiger partial charge in [-0.1, -0.05) is 34.1 Å². The molecule has 4 heteroatoms. The highest BCUT2D eigenvalue weighted by molar-refractivity contribution is 9.09. The fourth-order valence-electron chi connectivity index (χ4n) is 1.31. The fourth-order valence-corrected chi connectivity index (χ4v) is 1.58. The van der Waals surface area contributed by atoms with Crippen molar-refractivity contribution in [2.24, 2.45) is 0 Å². The summed E-state index contributed by atoms with van der Waals surface area (Å²) in [5.74, 6) is 0. The molecule has 1 aromatic carbocycles. The highest BCUT2D eigenvalue weighted by Gasteiger charge is 2.30. The van der Waals surface area contributed by atoms with E-state index in [9.17, 15) is 13.2 Å². The van der Waals surface area contributed by atoms with Crippen LogP contribution in [0.4, 0.5) is 13.2 Å². The molecule has 0 aliphatic rings. The van der Waals surface area contributed by atoms with Crippen molar-refractivity contribution in [2.75, 3.05) is 5.33 Å². The first-order valence-corrected chi connectivity index (χ1v) is 5.97. The molecule has 0 atom stereocenters. The lowest BCUT2D eigenvalue weighted by atomic mass is 10.0. The zero-order valence-electron chi connectivity index (χ0n) is 8.81. The Hall–Kier alpha value is -0.770. The van der Waals surface area contributed by atoms with Crippen LogP contribution in [-0.2, 0) is 6.18 Å². The summed E-state index contributed by atoms with van der Waals surface area (Å²) in [7, 11) is 0. The predicted octanol–water partition coefficient (Wildman–Crippen LogP) is 4.81. The molecule has 0 aliphatic carbocycles. The van der Waals surface area contributed by atoms with Crippen LogP contribution in [0, 0.1) is 6.92 Å². The second-order valence-electron chi connectivity index (χ2n) is 3.45. The quantitative estimate of drug-likeness (QED) is 0.701. The van der Waals surface area contributed by atoms with Gasteiger partial charge in [-0.25, -0.2) is 0 Å². The van der Waals surface area contributed by atoms with Gasteiger partial charge in [0.15, 0.2) is 0 Å². The standard InChI is InChI=1S/C12H12BrF3/c1-9-8-11(12(14,15)16)6-5-10(9)4-2-3-7-13/h2,4-6,8H,3,7H2,1H3/b4-2+. The average molecular weight is 293 g/mol. The van der Waals surface area contributed by atoms with E-state index < -0.39 is 11.7 Å². The maximum atomic E-state index is 12.4. The summed E-state index contributed by atoms with van der Waals surface area (Å²) < 4.78 is 37.1. The van der Waals surface area contributed by atoms with Gasteiger partial charge in [0, 0.05) is 5.33 Å². The predicted molar refractivity (Wildman–Crippen MR) is 63.6 cm³/mol. The molecule has 0 heterocycles. The number of benzene rings is 1. The van der Waals surface area contributed by atoms with Gasteiger partial charge in [0.2, 0.25) is 0 Å². The number of aryl methyl sites for hydroxylation is 1. The number of allylic oxidation sites excluding steroid dienone is 1. The molecule has 0 radical (unpaired) electrons. The van der Waals surface area contributed by atoms with Crippen LogP contribution in [0.25, 0.3) is 6.08 Å². The summed E-state index contributed by atoms with van der Waals surface area (Å²) >= 11 is 3.28. The Morgan fingerprint density at radius 1 is 1.31 bits per heavy atom. The number of halogens is 4. The monoisotopic (exact) mass is 292 g/mol. The highest BCUT2D eigenvalue weighted by atomic mass is 79.9. The molecule has 0 saturated heterocycles. The van der Waals surface area contributed by atoms with Crippen LogP contribution in [0.3, 0.4) is 0 Å². The zero-order valence-corrected chi connectivity index (χ0v) is 10.4. The molecule has 0 amide bonds. The second-order valence-corrected chi connectivity index (χ2v) is 4.24. The number of hydrogen-bond donors (Lipinski definition) is 0. The van der Waals surface area contributed by atoms with Crippen LogP contribution in [0.1, 0.15) is 23.1 Å². The molecular weight excluding hydrogens is 281 g/mol. The SMILES string of the molecule is Cc1cc(C(F)(F)F)ccc1/C=C/CCBr. The Labute approximate surface area is 101 Å². The van der Waals surface area contributed by atoms with Crippen molar-refractivity contribution >= 4 is 22.0 Å². The molecule has 88 valence electrons. The zero-order chi connectivity index (χ0) is 12.2. The van der Waals surface area contributed by atoms with E-state index in [2.05, 4.69) is 15.9 Å². The minimum atomic E-state index is -4.26. The smallest absolute Gasteiger partial charge is 0.166 e. The van der Waals surface area contributed by atoms with E-state index in [4.69, 9.17) is 0 Å². The molecule has 0 fully saturated rings. The Bertz CT molecular complexity index is 380. The van der Waals surface area contributed by atoms with E-state index in [-0.39, 0.29) is 0 Å². The lowest BCUT2D eigenvalue weighted by molar-refractivity contribution is -0.137. The molecule has 0 nitrogen and oxygen atoms in total. The van der Waals surface area contributed by atoms with E-state index in [0.717, 1.165) is 23.4 Å². The first kappa shape index (κ1) is 13.3. The summed E-state index contributed by atoms with van der Waals surface area (Å²) in [5.41, 5.74) is 0.872. The van der Waals surface area contributed by atoms with Gasteiger partial charge >= 0.3 is 6.18 Å². The molecule has 0 unspecified atom stereocenters. The van der Waals surface area contributed by atoms with Gasteiger partial charge in [-0.2, -0.15) is 13.2 Å². The summed E-state index contributed by atoms with van der Waals surface area (Å²) in [4.78, 5) is 0. The van der Waals surface area contributed by atoms with Gasteiger partial charge < -0.3 is 0 Å². The maximum Gasteiger partial charge on any atom is 0.416 e. The van der Waals surface area contributed by atoms with Gasteiger partial charge in [0.1, 0.15) is 0 Å². The van der Waals surface area contributed by atoms with Crippen molar-refractivity contribution in [2.45, 2.75) is 19.5 Å². The van der Waals surface area contributed by atoms with Crippen LogP contribution in [0.2, 0.25) is 0 Å². The van der Waals surface area contributed by atoms with Crippen LogP contribution >= 0.6 is 15.9 Å². The summed E-state index contributed by atoms with van der Waals surface area (Å²) in [5, 5.41) is 0.850. The average Bonchev–Trinajstić information content (AvgIpc) is 2.19. The van der Waals surface area contributed by atoms with Crippen LogP contribution in [-0.4, -0.2) is 5.33 Å². The molecule has 16 heavy (non-hydrogen) atoms. The van der Waals surface area contributed by atoms with Gasteiger partial charge in [0.05, 0.1) is 5.56 Å². The van der Waals surface area contributed by atoms with Crippen molar-refractivity contribution in [3.63, 3.8) is 0 Å². The third kappa shape index (κ3) is 3.67. The lowest BCUT2D eigenvalue weighted by Crippen LogP contribution is -2.05. The lowest BCUT2D eigenvalue weighted by Gasteiger charge is -2.08. The molecule has 0 aliphatic heterocycles. The van der Waals surface area contributed by atoms with Gasteiger partial charge in [0.25, 0.3) is 0 Å². The number of alkyl halides is 4. The Morgan fingerprint density at radius 3 is 2.50 bits per heavy atom. The third-order valence-electron chi connectivity index (χ3n) is 2.17. The van der Waals surface area contributed by atoms with Crippen molar-refractivity contribution < 1.29 is 13.2 Å². The Balaban J connectivity index is 2.92. The normalized spacial score (nSPS) is 12.3. The van der Waals surface area contributed by atoms with Crippen molar-refractivity contribution in [3.8, 4) is 0 Å². The molecule has 0 saturated carbocycles. The summed E-state index contributed by atoms with van der Waals surface area (Å²) in [6.45, 7) is 1.68. The third-order valence-corrected chi connectivity index (χ3v) is 2.63. The summed E-state index contributed by atoms with van der Waals surface area (Å²) in [6.07, 6.45) is 0.379. The second kappa shape index (κ2) is 5.53. The van der Waals surface area contributed by atoms with Crippen molar-refractivity contribution in [3.05, 3.63) is 41.0 Å². The Kier molecular flexibility index (Phi) is 4.59. The van der Waals surface area contributed by atoms with E-state index in [1.165, 1.54) is 12.1 Å². The molecular formula is C12H12BrF3. The van der Waals surface area contributed by atoms with E-state index in [1.54, 1.807) is 6.92 Å². The number of rotatable bonds is 3. The molecule has 1 rings (SSSR count). The molecule has 1 aromatic rings. The fraction of sp³-hybridized carbons (Fsp3) is 0.333. The van der Waals surface area contributed by atoms with E-state index in [1.807, 2.05) is 12.2 Å². The van der Waals surface area contributed by atoms with Crippen LogP contribution in [0.15, 0.2) is 24.3 Å². The Morgan fingerprint density at radius 2 is 2.00 bits per heavy atom. The van der Waals surface area contributed by atoms with Gasteiger partial charge in [-0.05, 0) is 36.6 Å². The topological polar surface area (TPSA) is 0 Å². The molecule has 0 N–H and O–H groups in total. The maximum absolute atomic E-state index is 12.4. The van der Waals surface area contributed by atoms with Crippen molar-refractivity contribution in [1.82, 2.24) is 0 Å². The van der Waals surface area contributed by atoms with E-state index in [0.29, 0.717) is 5.56 Å². The van der Waals surface area contributed by atoms with Gasteiger partial charge in [-0.15, -0.1) is 0 Å². The van der Waals surface area contributed by atoms with Crippen molar-refractivity contribution in [1.29, 1.82) is 0 Å². The highest BCUT2D eigenvalue weighted by Crippen LogP contribution is 2.30. The first-order chi connectivity index (χ1) is 7.45. The van der Waals surface area contributed by atoms with Gasteiger partial charge in [-0.3, -0.25) is 0 Å². The number of hydrogen-bond acceptors (Lipinski definition) is 0. The molecule has 0 aromatic heterocycles. The van der Waals surface area contributed by atoms with Crippen LogP contribution < -0.4 is 0 Å². The first-order valence-electron chi connectivity index (χ1n) is 4.85. The molecule has 0 bridgehead atoms. The molecule has 0 spiro atoms. The summed E-state index contributed by atoms with van der Waals surface area (Å²) in [6, 6.07) is 3.79. The minimum absolute atomic E-state index is 0.595. The minimum Gasteiger partial charge on any atom is -0.166 e.